The average Bonchev–Trinajstić information content (AvgIpc) is 2.85. The van der Waals surface area contributed by atoms with Crippen LogP contribution in [-0.4, -0.2) is 45.6 Å². The Morgan fingerprint density at radius 1 is 1.38 bits per heavy atom. The molecular weight excluding hydrogens is 401 g/mol. The number of benzene rings is 1. The van der Waals surface area contributed by atoms with Crippen LogP contribution in [0.3, 0.4) is 0 Å². The van der Waals surface area contributed by atoms with E-state index in [2.05, 4.69) is 0 Å². The third-order valence-electron chi connectivity index (χ3n) is 4.45. The van der Waals surface area contributed by atoms with Crippen LogP contribution in [0.15, 0.2) is 18.2 Å². The Morgan fingerprint density at radius 3 is 2.58 bits per heavy atom. The van der Waals surface area contributed by atoms with Crippen LogP contribution in [0, 0.1) is 5.82 Å². The van der Waals surface area contributed by atoms with Gasteiger partial charge in [0.2, 0.25) is 11.8 Å². The molecular formula is C15H13Cl4FN2O2. The first-order valence-corrected chi connectivity index (χ1v) is 8.71. The Morgan fingerprint density at radius 2 is 2.00 bits per heavy atom. The lowest BCUT2D eigenvalue weighted by atomic mass is 10.2. The van der Waals surface area contributed by atoms with Crippen LogP contribution < -0.4 is 4.90 Å². The quantitative estimate of drug-likeness (QED) is 0.710. The maximum absolute atomic E-state index is 14.2. The summed E-state index contributed by atoms with van der Waals surface area (Å²) in [5.74, 6) is -1.58. The molecule has 0 spiro atoms. The third kappa shape index (κ3) is 2.66. The van der Waals surface area contributed by atoms with E-state index in [0.29, 0.717) is 6.42 Å². The summed E-state index contributed by atoms with van der Waals surface area (Å²) in [6, 6.07) is 3.68. The van der Waals surface area contributed by atoms with Crippen LogP contribution >= 0.6 is 46.4 Å². The molecule has 1 aromatic rings. The van der Waals surface area contributed by atoms with Crippen molar-refractivity contribution in [3.8, 4) is 0 Å². The number of carbonyl (C=O) groups excluding carboxylic acids is 2. The standard InChI is InChI=1S/C15H13Cl4FN2O2/c1-21(13(24)14(17)7-15(14,18)19)10-5-6-22(12(10)23)9-4-2-3-8(16)11(9)20/h2-4,10H,5-7H2,1H3. The van der Waals surface area contributed by atoms with Gasteiger partial charge >= 0.3 is 0 Å². The number of rotatable bonds is 3. The summed E-state index contributed by atoms with van der Waals surface area (Å²) in [7, 11) is 1.47. The van der Waals surface area contributed by atoms with Gasteiger partial charge in [-0.05, 0) is 18.6 Å². The fraction of sp³-hybridized carbons (Fsp3) is 0.467. The molecule has 9 heteroatoms. The average molecular weight is 414 g/mol. The topological polar surface area (TPSA) is 40.6 Å². The van der Waals surface area contributed by atoms with E-state index in [9.17, 15) is 14.0 Å². The van der Waals surface area contributed by atoms with E-state index in [1.165, 1.54) is 29.0 Å². The maximum atomic E-state index is 14.2. The van der Waals surface area contributed by atoms with Crippen LogP contribution in [0.5, 0.6) is 0 Å². The summed E-state index contributed by atoms with van der Waals surface area (Å²) in [6.45, 7) is 0.264. The molecule has 0 radical (unpaired) electrons. The van der Waals surface area contributed by atoms with Gasteiger partial charge in [0.25, 0.3) is 0 Å². The maximum Gasteiger partial charge on any atom is 0.249 e. The summed E-state index contributed by atoms with van der Waals surface area (Å²) in [5, 5.41) is -0.0695. The molecule has 2 amide bonds. The zero-order valence-corrected chi connectivity index (χ0v) is 15.6. The highest BCUT2D eigenvalue weighted by Crippen LogP contribution is 2.62. The lowest BCUT2D eigenvalue weighted by molar-refractivity contribution is -0.137. The van der Waals surface area contributed by atoms with Crippen molar-refractivity contribution in [2.45, 2.75) is 28.1 Å². The van der Waals surface area contributed by atoms with Crippen molar-refractivity contribution in [1.82, 2.24) is 4.90 Å². The molecule has 1 saturated heterocycles. The first-order valence-electron chi connectivity index (χ1n) is 7.19. The van der Waals surface area contributed by atoms with Crippen molar-refractivity contribution in [2.75, 3.05) is 18.5 Å². The van der Waals surface area contributed by atoms with Gasteiger partial charge in [0.1, 0.15) is 10.4 Å². The van der Waals surface area contributed by atoms with E-state index in [0.717, 1.165) is 0 Å². The van der Waals surface area contributed by atoms with Crippen LogP contribution in [0.2, 0.25) is 5.02 Å². The Hall–Kier alpha value is -0.750. The van der Waals surface area contributed by atoms with Crippen molar-refractivity contribution in [3.05, 3.63) is 29.0 Å². The molecule has 0 bridgehead atoms. The smallest absolute Gasteiger partial charge is 0.249 e. The largest absolute Gasteiger partial charge is 0.332 e. The minimum atomic E-state index is -1.42. The molecule has 2 unspecified atom stereocenters. The lowest BCUT2D eigenvalue weighted by Crippen LogP contribution is -2.47. The summed E-state index contributed by atoms with van der Waals surface area (Å²) in [4.78, 5) is 26.2. The highest BCUT2D eigenvalue weighted by atomic mass is 35.5. The highest BCUT2D eigenvalue weighted by molar-refractivity contribution is 6.62. The zero-order chi connectivity index (χ0) is 17.9. The van der Waals surface area contributed by atoms with Gasteiger partial charge in [-0.3, -0.25) is 9.59 Å². The Kier molecular flexibility index (Phi) is 4.44. The molecule has 1 aliphatic carbocycles. The summed E-state index contributed by atoms with van der Waals surface area (Å²) >= 11 is 23.8. The van der Waals surface area contributed by atoms with Gasteiger partial charge in [-0.1, -0.05) is 40.9 Å². The number of hydrogen-bond donors (Lipinski definition) is 0. The minimum absolute atomic E-state index is 0.0695. The molecule has 1 saturated carbocycles. The number of alkyl halides is 3. The first kappa shape index (κ1) is 18.1. The molecule has 0 N–H and O–H groups in total. The lowest BCUT2D eigenvalue weighted by Gasteiger charge is -2.26. The van der Waals surface area contributed by atoms with Gasteiger partial charge < -0.3 is 9.80 Å². The van der Waals surface area contributed by atoms with Gasteiger partial charge in [-0.2, -0.15) is 0 Å². The first-order chi connectivity index (χ1) is 11.1. The van der Waals surface area contributed by atoms with Crippen LogP contribution in [-0.2, 0) is 9.59 Å². The molecule has 1 aromatic carbocycles. The fourth-order valence-corrected chi connectivity index (χ4v) is 4.08. The predicted molar refractivity (Wildman–Crippen MR) is 92.6 cm³/mol. The second kappa shape index (κ2) is 5.90. The molecule has 3 rings (SSSR count). The van der Waals surface area contributed by atoms with E-state index in [-0.39, 0.29) is 23.7 Å². The summed E-state index contributed by atoms with van der Waals surface area (Å²) in [5.41, 5.74) is 0.0897. The molecule has 1 aliphatic heterocycles. The molecule has 2 fully saturated rings. The number of nitrogens with zero attached hydrogens (tertiary/aromatic N) is 2. The Labute approximate surface area is 158 Å². The van der Waals surface area contributed by atoms with Gasteiger partial charge in [0.15, 0.2) is 10.7 Å². The zero-order valence-electron chi connectivity index (χ0n) is 12.5. The van der Waals surface area contributed by atoms with Crippen molar-refractivity contribution < 1.29 is 14.0 Å². The normalized spacial score (nSPS) is 28.2. The van der Waals surface area contributed by atoms with E-state index in [1.807, 2.05) is 0 Å². The number of likely N-dealkylation sites (N-methyl/N-ethyl adjacent to an activating group) is 1. The van der Waals surface area contributed by atoms with E-state index in [4.69, 9.17) is 46.4 Å². The summed E-state index contributed by atoms with van der Waals surface area (Å²) in [6.07, 6.45) is 0.457. The number of halogens is 5. The van der Waals surface area contributed by atoms with Crippen molar-refractivity contribution in [2.24, 2.45) is 0 Å². The molecule has 130 valence electrons. The van der Waals surface area contributed by atoms with Crippen LogP contribution in [0.4, 0.5) is 10.1 Å². The number of amides is 2. The third-order valence-corrected chi connectivity index (χ3v) is 6.46. The molecule has 2 aliphatic rings. The predicted octanol–water partition coefficient (Wildman–Crippen LogP) is 3.60. The molecule has 1 heterocycles. The van der Waals surface area contributed by atoms with Gasteiger partial charge in [0, 0.05) is 20.0 Å². The monoisotopic (exact) mass is 412 g/mol. The van der Waals surface area contributed by atoms with Crippen molar-refractivity contribution >= 4 is 63.9 Å². The second-order valence-corrected chi connectivity index (χ2v) is 8.50. The Bertz CT molecular complexity index is 729. The second-order valence-electron chi connectivity index (χ2n) is 5.97. The van der Waals surface area contributed by atoms with Gasteiger partial charge in [-0.25, -0.2) is 4.39 Å². The van der Waals surface area contributed by atoms with Gasteiger partial charge in [0.05, 0.1) is 10.7 Å². The van der Waals surface area contributed by atoms with Crippen molar-refractivity contribution in [3.63, 3.8) is 0 Å². The Balaban J connectivity index is 1.79. The van der Waals surface area contributed by atoms with E-state index >= 15 is 0 Å². The molecule has 24 heavy (non-hydrogen) atoms. The number of carbonyl (C=O) groups is 2. The number of hydrogen-bond acceptors (Lipinski definition) is 2. The molecule has 2 atom stereocenters. The molecule has 0 aromatic heterocycles. The minimum Gasteiger partial charge on any atom is -0.332 e. The van der Waals surface area contributed by atoms with E-state index in [1.54, 1.807) is 6.07 Å². The summed E-state index contributed by atoms with van der Waals surface area (Å²) < 4.78 is 12.8. The van der Waals surface area contributed by atoms with Crippen molar-refractivity contribution in [1.29, 1.82) is 0 Å². The van der Waals surface area contributed by atoms with E-state index < -0.39 is 32.9 Å². The highest BCUT2D eigenvalue weighted by Gasteiger charge is 2.72. The fourth-order valence-electron chi connectivity index (χ4n) is 2.88. The van der Waals surface area contributed by atoms with Crippen LogP contribution in [0.1, 0.15) is 12.8 Å². The van der Waals surface area contributed by atoms with Crippen LogP contribution in [0.25, 0.3) is 0 Å². The SMILES string of the molecule is CN(C(=O)C1(Cl)CC1(Cl)Cl)C1CCN(c2cccc(Cl)c2F)C1=O. The van der Waals surface area contributed by atoms with Gasteiger partial charge in [-0.15, -0.1) is 11.6 Å². The number of anilines is 1. The molecule has 4 nitrogen and oxygen atoms in total.